The van der Waals surface area contributed by atoms with Gasteiger partial charge in [-0.15, -0.1) is 0 Å². The minimum absolute atomic E-state index is 0.323. The maximum atomic E-state index is 12.1. The van der Waals surface area contributed by atoms with Gasteiger partial charge >= 0.3 is 5.97 Å². The van der Waals surface area contributed by atoms with Crippen molar-refractivity contribution in [2.24, 2.45) is 0 Å². The first-order valence-electron chi connectivity index (χ1n) is 10.1. The SMILES string of the molecule is O=C(/C=C/c1ccnc2ccccc12)OCCN1CCN(c2ccc(Cl)cc2)CC1. The fraction of sp³-hybridized carbons (Fsp3) is 0.250. The molecule has 1 saturated heterocycles. The summed E-state index contributed by atoms with van der Waals surface area (Å²) in [5.41, 5.74) is 3.06. The number of para-hydroxylation sites is 1. The van der Waals surface area contributed by atoms with Crippen LogP contribution in [0.25, 0.3) is 17.0 Å². The molecular formula is C24H24ClN3O2. The molecule has 4 rings (SSSR count). The molecule has 0 radical (unpaired) electrons. The van der Waals surface area contributed by atoms with E-state index < -0.39 is 0 Å². The Kier molecular flexibility index (Phi) is 6.62. The zero-order chi connectivity index (χ0) is 20.8. The maximum absolute atomic E-state index is 12.1. The fourth-order valence-corrected chi connectivity index (χ4v) is 3.75. The number of hydrogen-bond acceptors (Lipinski definition) is 5. The van der Waals surface area contributed by atoms with Gasteiger partial charge in [0, 0.05) is 61.1 Å². The highest BCUT2D eigenvalue weighted by atomic mass is 35.5. The summed E-state index contributed by atoms with van der Waals surface area (Å²) in [5.74, 6) is -0.323. The van der Waals surface area contributed by atoms with Gasteiger partial charge in [-0.3, -0.25) is 9.88 Å². The van der Waals surface area contributed by atoms with Crippen molar-refractivity contribution in [2.75, 3.05) is 44.2 Å². The zero-order valence-electron chi connectivity index (χ0n) is 16.7. The first-order chi connectivity index (χ1) is 14.7. The Hall–Kier alpha value is -2.89. The summed E-state index contributed by atoms with van der Waals surface area (Å²) in [6.45, 7) is 4.92. The van der Waals surface area contributed by atoms with Crippen LogP contribution in [0.1, 0.15) is 5.56 Å². The summed E-state index contributed by atoms with van der Waals surface area (Å²) in [5, 5.41) is 1.77. The summed E-state index contributed by atoms with van der Waals surface area (Å²) >= 11 is 5.96. The Bertz CT molecular complexity index is 1020. The number of pyridine rings is 1. The normalized spacial score (nSPS) is 15.0. The van der Waals surface area contributed by atoms with E-state index in [2.05, 4.69) is 26.9 Å². The number of carbonyl (C=O) groups excluding carboxylic acids is 1. The Labute approximate surface area is 181 Å². The number of esters is 1. The third kappa shape index (κ3) is 5.17. The second kappa shape index (κ2) is 9.74. The second-order valence-corrected chi connectivity index (χ2v) is 7.66. The van der Waals surface area contributed by atoms with E-state index in [0.717, 1.165) is 54.2 Å². The maximum Gasteiger partial charge on any atom is 0.330 e. The van der Waals surface area contributed by atoms with Gasteiger partial charge in [-0.25, -0.2) is 4.79 Å². The van der Waals surface area contributed by atoms with E-state index in [1.807, 2.05) is 42.5 Å². The fourth-order valence-electron chi connectivity index (χ4n) is 3.63. The predicted molar refractivity (Wildman–Crippen MR) is 122 cm³/mol. The summed E-state index contributed by atoms with van der Waals surface area (Å²) in [6, 6.07) is 17.7. The van der Waals surface area contributed by atoms with E-state index in [9.17, 15) is 4.79 Å². The molecule has 0 spiro atoms. The van der Waals surface area contributed by atoms with Gasteiger partial charge in [0.2, 0.25) is 0 Å². The minimum Gasteiger partial charge on any atom is -0.461 e. The van der Waals surface area contributed by atoms with Crippen LogP contribution >= 0.6 is 11.6 Å². The highest BCUT2D eigenvalue weighted by Crippen LogP contribution is 2.19. The highest BCUT2D eigenvalue weighted by molar-refractivity contribution is 6.30. The average molecular weight is 422 g/mol. The summed E-state index contributed by atoms with van der Waals surface area (Å²) < 4.78 is 5.39. The molecule has 6 heteroatoms. The molecule has 5 nitrogen and oxygen atoms in total. The zero-order valence-corrected chi connectivity index (χ0v) is 17.5. The average Bonchev–Trinajstić information content (AvgIpc) is 2.79. The molecule has 0 amide bonds. The van der Waals surface area contributed by atoms with Crippen LogP contribution in [0.3, 0.4) is 0 Å². The molecule has 0 saturated carbocycles. The van der Waals surface area contributed by atoms with Crippen molar-refractivity contribution in [3.8, 4) is 0 Å². The number of piperazine rings is 1. The summed E-state index contributed by atoms with van der Waals surface area (Å²) in [7, 11) is 0. The van der Waals surface area contributed by atoms with Crippen LogP contribution in [-0.2, 0) is 9.53 Å². The topological polar surface area (TPSA) is 45.7 Å². The standard InChI is InChI=1S/C24H24ClN3O2/c25-20-6-8-21(9-7-20)28-15-13-27(14-16-28)17-18-30-24(29)10-5-19-11-12-26-23-4-2-1-3-22(19)23/h1-12H,13-18H2/b10-5+. The first-order valence-corrected chi connectivity index (χ1v) is 10.5. The molecule has 1 aliphatic heterocycles. The Morgan fingerprint density at radius 3 is 2.60 bits per heavy atom. The number of halogens is 1. The molecule has 154 valence electrons. The monoisotopic (exact) mass is 421 g/mol. The number of benzene rings is 2. The molecule has 1 aliphatic rings. The third-order valence-electron chi connectivity index (χ3n) is 5.30. The number of nitrogens with zero attached hydrogens (tertiary/aromatic N) is 3. The number of aromatic nitrogens is 1. The van der Waals surface area contributed by atoms with Gasteiger partial charge in [-0.1, -0.05) is 29.8 Å². The van der Waals surface area contributed by atoms with Crippen molar-refractivity contribution in [3.05, 3.63) is 77.5 Å². The van der Waals surface area contributed by atoms with Crippen LogP contribution in [0.4, 0.5) is 5.69 Å². The molecule has 2 heterocycles. The Morgan fingerprint density at radius 1 is 1.03 bits per heavy atom. The van der Waals surface area contributed by atoms with Crippen molar-refractivity contribution in [1.82, 2.24) is 9.88 Å². The van der Waals surface area contributed by atoms with Crippen LogP contribution in [0.15, 0.2) is 66.9 Å². The Balaban J connectivity index is 1.21. The summed E-state index contributed by atoms with van der Waals surface area (Å²) in [4.78, 5) is 21.1. The summed E-state index contributed by atoms with van der Waals surface area (Å²) in [6.07, 6.45) is 5.02. The quantitative estimate of drug-likeness (QED) is 0.439. The Morgan fingerprint density at radius 2 is 1.80 bits per heavy atom. The van der Waals surface area contributed by atoms with E-state index in [1.54, 1.807) is 12.3 Å². The van der Waals surface area contributed by atoms with Crippen LogP contribution < -0.4 is 4.90 Å². The molecule has 1 fully saturated rings. The van der Waals surface area contributed by atoms with Crippen LogP contribution in [0.2, 0.25) is 5.02 Å². The molecule has 0 unspecified atom stereocenters. The second-order valence-electron chi connectivity index (χ2n) is 7.22. The molecule has 1 aromatic heterocycles. The largest absolute Gasteiger partial charge is 0.461 e. The van der Waals surface area contributed by atoms with Gasteiger partial charge in [-0.05, 0) is 48.0 Å². The molecule has 30 heavy (non-hydrogen) atoms. The number of anilines is 1. The molecule has 0 bridgehead atoms. The van der Waals surface area contributed by atoms with Crippen molar-refractivity contribution in [3.63, 3.8) is 0 Å². The van der Waals surface area contributed by atoms with Gasteiger partial charge < -0.3 is 9.64 Å². The van der Waals surface area contributed by atoms with Crippen molar-refractivity contribution in [1.29, 1.82) is 0 Å². The van der Waals surface area contributed by atoms with Gasteiger partial charge in [0.05, 0.1) is 5.52 Å². The molecular weight excluding hydrogens is 398 g/mol. The van der Waals surface area contributed by atoms with Gasteiger partial charge in [-0.2, -0.15) is 0 Å². The molecule has 0 atom stereocenters. The number of carbonyl (C=O) groups is 1. The van der Waals surface area contributed by atoms with Crippen LogP contribution in [-0.4, -0.2) is 55.2 Å². The molecule has 0 N–H and O–H groups in total. The highest BCUT2D eigenvalue weighted by Gasteiger charge is 2.17. The van der Waals surface area contributed by atoms with Crippen molar-refractivity contribution >= 4 is 40.2 Å². The van der Waals surface area contributed by atoms with Crippen LogP contribution in [0.5, 0.6) is 0 Å². The van der Waals surface area contributed by atoms with Crippen molar-refractivity contribution in [2.45, 2.75) is 0 Å². The number of ether oxygens (including phenoxy) is 1. The van der Waals surface area contributed by atoms with E-state index in [-0.39, 0.29) is 5.97 Å². The lowest BCUT2D eigenvalue weighted by Crippen LogP contribution is -2.47. The minimum atomic E-state index is -0.323. The van der Waals surface area contributed by atoms with E-state index in [0.29, 0.717) is 6.61 Å². The number of hydrogen-bond donors (Lipinski definition) is 0. The first kappa shape index (κ1) is 20.4. The van der Waals surface area contributed by atoms with E-state index >= 15 is 0 Å². The van der Waals surface area contributed by atoms with Crippen molar-refractivity contribution < 1.29 is 9.53 Å². The van der Waals surface area contributed by atoms with Crippen LogP contribution in [0, 0.1) is 0 Å². The van der Waals surface area contributed by atoms with Gasteiger partial charge in [0.1, 0.15) is 6.61 Å². The van der Waals surface area contributed by atoms with Gasteiger partial charge in [0.25, 0.3) is 0 Å². The number of rotatable bonds is 6. The lowest BCUT2D eigenvalue weighted by Gasteiger charge is -2.35. The predicted octanol–water partition coefficient (Wildman–Crippen LogP) is 4.27. The van der Waals surface area contributed by atoms with Gasteiger partial charge in [0.15, 0.2) is 0 Å². The lowest BCUT2D eigenvalue weighted by atomic mass is 10.1. The molecule has 0 aliphatic carbocycles. The van der Waals surface area contributed by atoms with E-state index in [4.69, 9.17) is 16.3 Å². The molecule has 3 aromatic rings. The number of fused-ring (bicyclic) bond motifs is 1. The molecule has 2 aromatic carbocycles. The smallest absolute Gasteiger partial charge is 0.330 e. The lowest BCUT2D eigenvalue weighted by molar-refractivity contribution is -0.138. The third-order valence-corrected chi connectivity index (χ3v) is 5.55. The van der Waals surface area contributed by atoms with E-state index in [1.165, 1.54) is 11.8 Å².